The third-order valence-corrected chi connectivity index (χ3v) is 2.40. The van der Waals surface area contributed by atoms with Gasteiger partial charge in [0.1, 0.15) is 0 Å². The van der Waals surface area contributed by atoms with Gasteiger partial charge in [0.25, 0.3) is 0 Å². The molecule has 1 rings (SSSR count). The van der Waals surface area contributed by atoms with Gasteiger partial charge in [-0.1, -0.05) is 35.4 Å². The summed E-state index contributed by atoms with van der Waals surface area (Å²) < 4.78 is 0. The van der Waals surface area contributed by atoms with Crippen molar-refractivity contribution in [1.29, 1.82) is 0 Å². The van der Waals surface area contributed by atoms with Crippen LogP contribution in [0, 0.1) is 5.92 Å². The molecule has 0 aromatic heterocycles. The van der Waals surface area contributed by atoms with Crippen molar-refractivity contribution in [3.63, 3.8) is 0 Å². The zero-order chi connectivity index (χ0) is 7.56. The van der Waals surface area contributed by atoms with E-state index in [-0.39, 0.29) is 5.92 Å². The molecule has 0 saturated heterocycles. The van der Waals surface area contributed by atoms with Crippen molar-refractivity contribution in [3.05, 3.63) is 34.9 Å². The lowest BCUT2D eigenvalue weighted by atomic mass is 10.0. The maximum absolute atomic E-state index is 5.86. The fourth-order valence-corrected chi connectivity index (χ4v) is 1.35. The predicted molar refractivity (Wildman–Crippen MR) is 46.2 cm³/mol. The Morgan fingerprint density at radius 2 is 2.30 bits per heavy atom. The van der Waals surface area contributed by atoms with Crippen molar-refractivity contribution in [1.82, 2.24) is 0 Å². The lowest BCUT2D eigenvalue weighted by molar-refractivity contribution is 0.804. The van der Waals surface area contributed by atoms with Crippen molar-refractivity contribution in [2.24, 2.45) is 5.92 Å². The molecule has 0 aromatic rings. The minimum absolute atomic E-state index is 0.221. The summed E-state index contributed by atoms with van der Waals surface area (Å²) in [4.78, 5) is 0. The smallest absolute Gasteiger partial charge is 0.0554 e. The van der Waals surface area contributed by atoms with Crippen LogP contribution < -0.4 is 0 Å². The molecule has 0 radical (unpaired) electrons. The van der Waals surface area contributed by atoms with Crippen LogP contribution >= 0.6 is 23.2 Å². The number of rotatable bonds is 1. The molecular weight excluding hydrogens is 167 g/mol. The standard InChI is InChI=1S/C8H8Cl2/c1-2-6-4-3-5-7(9)8(6)10/h2-3,5-6H,1,4H2. The molecule has 2 heteroatoms. The molecule has 1 atom stereocenters. The Morgan fingerprint density at radius 1 is 1.60 bits per heavy atom. The molecule has 54 valence electrons. The van der Waals surface area contributed by atoms with Gasteiger partial charge in [0, 0.05) is 11.0 Å². The van der Waals surface area contributed by atoms with E-state index in [1.807, 2.05) is 18.2 Å². The highest BCUT2D eigenvalue weighted by molar-refractivity contribution is 6.40. The summed E-state index contributed by atoms with van der Waals surface area (Å²) in [6.45, 7) is 3.66. The normalized spacial score (nSPS) is 25.2. The van der Waals surface area contributed by atoms with Crippen molar-refractivity contribution in [3.8, 4) is 0 Å². The van der Waals surface area contributed by atoms with E-state index in [0.717, 1.165) is 6.42 Å². The fourth-order valence-electron chi connectivity index (χ4n) is 0.878. The first-order valence-corrected chi connectivity index (χ1v) is 3.85. The third-order valence-electron chi connectivity index (χ3n) is 1.49. The summed E-state index contributed by atoms with van der Waals surface area (Å²) in [5.74, 6) is 0.221. The third kappa shape index (κ3) is 1.44. The van der Waals surface area contributed by atoms with Gasteiger partial charge >= 0.3 is 0 Å². The van der Waals surface area contributed by atoms with Crippen LogP contribution in [0.15, 0.2) is 34.9 Å². The minimum Gasteiger partial charge on any atom is -0.102 e. The molecule has 0 aromatic carbocycles. The van der Waals surface area contributed by atoms with Gasteiger partial charge in [-0.25, -0.2) is 0 Å². The summed E-state index contributed by atoms with van der Waals surface area (Å²) in [6.07, 6.45) is 6.55. The lowest BCUT2D eigenvalue weighted by Crippen LogP contribution is -1.98. The molecule has 0 N–H and O–H groups in total. The van der Waals surface area contributed by atoms with E-state index >= 15 is 0 Å². The van der Waals surface area contributed by atoms with Gasteiger partial charge in [-0.15, -0.1) is 6.58 Å². The van der Waals surface area contributed by atoms with Crippen molar-refractivity contribution < 1.29 is 0 Å². The van der Waals surface area contributed by atoms with E-state index in [1.54, 1.807) is 0 Å². The van der Waals surface area contributed by atoms with E-state index in [1.165, 1.54) is 0 Å². The highest BCUT2D eigenvalue weighted by atomic mass is 35.5. The molecule has 0 bridgehead atoms. The lowest BCUT2D eigenvalue weighted by Gasteiger charge is -2.13. The van der Waals surface area contributed by atoms with Crippen LogP contribution in [0.1, 0.15) is 6.42 Å². The minimum atomic E-state index is 0.221. The highest BCUT2D eigenvalue weighted by Gasteiger charge is 2.13. The molecule has 0 spiro atoms. The number of halogens is 2. The summed E-state index contributed by atoms with van der Waals surface area (Å²) >= 11 is 11.6. The SMILES string of the molecule is C=CC1CC=CC(Cl)=C1Cl. The average Bonchev–Trinajstić information content (AvgIpc) is 1.95. The molecule has 0 fully saturated rings. The van der Waals surface area contributed by atoms with E-state index in [4.69, 9.17) is 23.2 Å². The maximum atomic E-state index is 5.86. The Morgan fingerprint density at radius 3 is 2.80 bits per heavy atom. The molecule has 0 saturated carbocycles. The number of hydrogen-bond acceptors (Lipinski definition) is 0. The largest absolute Gasteiger partial charge is 0.102 e. The van der Waals surface area contributed by atoms with Crippen LogP contribution in [0.5, 0.6) is 0 Å². The Labute approximate surface area is 70.8 Å². The molecule has 1 aliphatic carbocycles. The molecule has 10 heavy (non-hydrogen) atoms. The van der Waals surface area contributed by atoms with Gasteiger partial charge in [-0.3, -0.25) is 0 Å². The van der Waals surface area contributed by atoms with E-state index in [9.17, 15) is 0 Å². The summed E-state index contributed by atoms with van der Waals surface area (Å²) in [5.41, 5.74) is 0. The van der Waals surface area contributed by atoms with Crippen LogP contribution in [0.3, 0.4) is 0 Å². The Balaban J connectivity index is 2.86. The fraction of sp³-hybridized carbons (Fsp3) is 0.250. The van der Waals surface area contributed by atoms with Crippen LogP contribution in [-0.4, -0.2) is 0 Å². The molecule has 0 aliphatic heterocycles. The number of allylic oxidation sites excluding steroid dienone is 5. The van der Waals surface area contributed by atoms with Crippen molar-refractivity contribution in [2.75, 3.05) is 0 Å². The average molecular weight is 175 g/mol. The molecule has 1 aliphatic rings. The van der Waals surface area contributed by atoms with Gasteiger partial charge in [-0.05, 0) is 12.5 Å². The first-order valence-electron chi connectivity index (χ1n) is 3.10. The van der Waals surface area contributed by atoms with Crippen molar-refractivity contribution >= 4 is 23.2 Å². The van der Waals surface area contributed by atoms with Gasteiger partial charge in [0.15, 0.2) is 0 Å². The van der Waals surface area contributed by atoms with Crippen molar-refractivity contribution in [2.45, 2.75) is 6.42 Å². The quantitative estimate of drug-likeness (QED) is 0.535. The summed E-state index contributed by atoms with van der Waals surface area (Å²) in [6, 6.07) is 0. The van der Waals surface area contributed by atoms with Gasteiger partial charge < -0.3 is 0 Å². The Bertz CT molecular complexity index is 201. The monoisotopic (exact) mass is 174 g/mol. The second-order valence-corrected chi connectivity index (χ2v) is 2.99. The second kappa shape index (κ2) is 3.27. The van der Waals surface area contributed by atoms with E-state index in [0.29, 0.717) is 10.1 Å². The van der Waals surface area contributed by atoms with Crippen LogP contribution in [0.2, 0.25) is 0 Å². The van der Waals surface area contributed by atoms with Gasteiger partial charge in [0.2, 0.25) is 0 Å². The summed E-state index contributed by atoms with van der Waals surface area (Å²) in [5, 5.41) is 1.34. The van der Waals surface area contributed by atoms with E-state index < -0.39 is 0 Å². The Kier molecular flexibility index (Phi) is 2.58. The number of hydrogen-bond donors (Lipinski definition) is 0. The van der Waals surface area contributed by atoms with E-state index in [2.05, 4.69) is 6.58 Å². The van der Waals surface area contributed by atoms with Gasteiger partial charge in [0.05, 0.1) is 5.03 Å². The Hall–Kier alpha value is -0.200. The summed E-state index contributed by atoms with van der Waals surface area (Å²) in [7, 11) is 0. The topological polar surface area (TPSA) is 0 Å². The first-order chi connectivity index (χ1) is 4.75. The molecule has 0 amide bonds. The highest BCUT2D eigenvalue weighted by Crippen LogP contribution is 2.30. The predicted octanol–water partition coefficient (Wildman–Crippen LogP) is 3.44. The zero-order valence-corrected chi connectivity index (χ0v) is 6.99. The zero-order valence-electron chi connectivity index (χ0n) is 5.48. The first kappa shape index (κ1) is 7.90. The van der Waals surface area contributed by atoms with Gasteiger partial charge in [-0.2, -0.15) is 0 Å². The molecular formula is C8H8Cl2. The molecule has 1 unspecified atom stereocenters. The van der Waals surface area contributed by atoms with Crippen LogP contribution in [0.4, 0.5) is 0 Å². The van der Waals surface area contributed by atoms with Crippen LogP contribution in [0.25, 0.3) is 0 Å². The molecule has 0 heterocycles. The van der Waals surface area contributed by atoms with Crippen LogP contribution in [-0.2, 0) is 0 Å². The second-order valence-electron chi connectivity index (χ2n) is 2.18. The molecule has 0 nitrogen and oxygen atoms in total. The maximum Gasteiger partial charge on any atom is 0.0554 e.